The molecule has 13 heavy (non-hydrogen) atoms. The van der Waals surface area contributed by atoms with E-state index < -0.39 is 0 Å². The van der Waals surface area contributed by atoms with Crippen LogP contribution in [0.2, 0.25) is 0 Å². The number of nitrogens with zero attached hydrogens (tertiary/aromatic N) is 1. The fourth-order valence-corrected chi connectivity index (χ4v) is 1.81. The van der Waals surface area contributed by atoms with Crippen LogP contribution in [-0.2, 0) is 0 Å². The first kappa shape index (κ1) is 8.38. The quantitative estimate of drug-likeness (QED) is 0.713. The van der Waals surface area contributed by atoms with Gasteiger partial charge in [-0.25, -0.2) is 0 Å². The minimum absolute atomic E-state index is 0.362. The van der Waals surface area contributed by atoms with Gasteiger partial charge in [0.1, 0.15) is 0 Å². The van der Waals surface area contributed by atoms with Gasteiger partial charge < -0.3 is 16.0 Å². The normalized spacial score (nSPS) is 19.8. The fourth-order valence-electron chi connectivity index (χ4n) is 1.81. The van der Waals surface area contributed by atoms with Crippen molar-refractivity contribution in [2.24, 2.45) is 5.73 Å². The minimum Gasteiger partial charge on any atom is -0.364 e. The summed E-state index contributed by atoms with van der Waals surface area (Å²) in [4.78, 5) is 2.29. The molecule has 1 aliphatic heterocycles. The number of anilines is 2. The van der Waals surface area contributed by atoms with Gasteiger partial charge in [-0.3, -0.25) is 0 Å². The highest BCUT2D eigenvalue weighted by atomic mass is 15.3. The molecule has 0 spiro atoms. The molecule has 3 nitrogen and oxygen atoms in total. The summed E-state index contributed by atoms with van der Waals surface area (Å²) in [5, 5.41) is 3.40. The van der Waals surface area contributed by atoms with Gasteiger partial charge in [0.15, 0.2) is 0 Å². The molecule has 0 aliphatic carbocycles. The first-order chi connectivity index (χ1) is 6.33. The Morgan fingerprint density at radius 3 is 3.00 bits per heavy atom. The summed E-state index contributed by atoms with van der Waals surface area (Å²) in [5.74, 6) is 0. The van der Waals surface area contributed by atoms with E-state index in [4.69, 9.17) is 5.73 Å². The molecule has 1 atom stereocenters. The summed E-state index contributed by atoms with van der Waals surface area (Å²) in [7, 11) is 0. The van der Waals surface area contributed by atoms with Crippen LogP contribution >= 0.6 is 0 Å². The molecule has 2 rings (SSSR count). The van der Waals surface area contributed by atoms with E-state index in [1.807, 2.05) is 6.07 Å². The van der Waals surface area contributed by atoms with Gasteiger partial charge >= 0.3 is 0 Å². The van der Waals surface area contributed by atoms with E-state index in [1.54, 1.807) is 0 Å². The first-order valence-corrected chi connectivity index (χ1v) is 4.65. The maximum atomic E-state index is 5.56. The lowest BCUT2D eigenvalue weighted by Gasteiger charge is -2.22. The topological polar surface area (TPSA) is 41.3 Å². The summed E-state index contributed by atoms with van der Waals surface area (Å²) in [6.45, 7) is 3.75. The maximum absolute atomic E-state index is 5.56. The van der Waals surface area contributed by atoms with Gasteiger partial charge in [-0.2, -0.15) is 0 Å². The monoisotopic (exact) mass is 177 g/mol. The zero-order chi connectivity index (χ0) is 9.26. The summed E-state index contributed by atoms with van der Waals surface area (Å²) in [6.07, 6.45) is 0.362. The van der Waals surface area contributed by atoms with Crippen LogP contribution in [0.4, 0.5) is 11.4 Å². The van der Waals surface area contributed by atoms with Crippen molar-refractivity contribution in [2.75, 3.05) is 23.3 Å². The predicted octanol–water partition coefficient (Wildman–Crippen LogP) is 1.22. The van der Waals surface area contributed by atoms with E-state index in [-0.39, 0.29) is 0 Å². The molecule has 70 valence electrons. The number of hydrogen-bond acceptors (Lipinski definition) is 3. The predicted molar refractivity (Wildman–Crippen MR) is 55.9 cm³/mol. The Morgan fingerprint density at radius 1 is 1.46 bits per heavy atom. The van der Waals surface area contributed by atoms with Crippen LogP contribution in [0.15, 0.2) is 24.3 Å². The largest absolute Gasteiger partial charge is 0.364 e. The lowest BCUT2D eigenvalue weighted by atomic mass is 10.2. The fraction of sp³-hybridized carbons (Fsp3) is 0.400. The molecule has 1 unspecified atom stereocenters. The molecule has 0 bridgehead atoms. The zero-order valence-corrected chi connectivity index (χ0v) is 7.83. The van der Waals surface area contributed by atoms with Crippen LogP contribution in [0.25, 0.3) is 0 Å². The van der Waals surface area contributed by atoms with Gasteiger partial charge in [0.25, 0.3) is 0 Å². The first-order valence-electron chi connectivity index (χ1n) is 4.65. The van der Waals surface area contributed by atoms with Crippen molar-refractivity contribution in [3.63, 3.8) is 0 Å². The van der Waals surface area contributed by atoms with Crippen molar-refractivity contribution in [1.82, 2.24) is 0 Å². The highest BCUT2D eigenvalue weighted by Gasteiger charge is 2.23. The molecule has 0 radical (unpaired) electrons. The second-order valence-electron chi connectivity index (χ2n) is 3.32. The van der Waals surface area contributed by atoms with E-state index >= 15 is 0 Å². The average molecular weight is 177 g/mol. The minimum atomic E-state index is 0.362. The number of hydrogen-bond donors (Lipinski definition) is 2. The molecular formula is C10H15N3. The molecular weight excluding hydrogens is 162 g/mol. The molecule has 0 amide bonds. The Balaban J connectivity index is 2.29. The number of nitrogens with one attached hydrogen (secondary N) is 1. The number of para-hydroxylation sites is 2. The number of rotatable bonds is 2. The van der Waals surface area contributed by atoms with Crippen molar-refractivity contribution in [2.45, 2.75) is 13.1 Å². The molecule has 0 saturated carbocycles. The third-order valence-corrected chi connectivity index (χ3v) is 2.42. The van der Waals surface area contributed by atoms with Crippen LogP contribution in [0.5, 0.6) is 0 Å². The van der Waals surface area contributed by atoms with Gasteiger partial charge in [0.2, 0.25) is 0 Å². The van der Waals surface area contributed by atoms with E-state index in [2.05, 4.69) is 35.3 Å². The third kappa shape index (κ3) is 1.35. The Hall–Kier alpha value is -1.22. The number of fused-ring (bicyclic) bond motifs is 1. The SMILES string of the molecule is CC1Nc2ccccc2N1CCN. The smallest absolute Gasteiger partial charge is 0.0962 e. The van der Waals surface area contributed by atoms with Crippen LogP contribution in [0, 0.1) is 0 Å². The van der Waals surface area contributed by atoms with Gasteiger partial charge in [0, 0.05) is 13.1 Å². The molecule has 3 N–H and O–H groups in total. The Kier molecular flexibility index (Phi) is 2.10. The van der Waals surface area contributed by atoms with Crippen LogP contribution in [0.1, 0.15) is 6.92 Å². The van der Waals surface area contributed by atoms with Crippen molar-refractivity contribution in [3.05, 3.63) is 24.3 Å². The Morgan fingerprint density at radius 2 is 2.23 bits per heavy atom. The summed E-state index contributed by atoms with van der Waals surface area (Å²) in [5.41, 5.74) is 8.03. The molecule has 3 heteroatoms. The van der Waals surface area contributed by atoms with Crippen molar-refractivity contribution in [1.29, 1.82) is 0 Å². The molecule has 0 fully saturated rings. The van der Waals surface area contributed by atoms with Crippen molar-refractivity contribution in [3.8, 4) is 0 Å². The van der Waals surface area contributed by atoms with Gasteiger partial charge in [-0.1, -0.05) is 12.1 Å². The molecule has 1 aliphatic rings. The molecule has 1 aromatic carbocycles. The standard InChI is InChI=1S/C10H15N3/c1-8-12-9-4-2-3-5-10(9)13(8)7-6-11/h2-5,8,12H,6-7,11H2,1H3. The van der Waals surface area contributed by atoms with Gasteiger partial charge in [-0.15, -0.1) is 0 Å². The van der Waals surface area contributed by atoms with Crippen molar-refractivity contribution < 1.29 is 0 Å². The molecule has 0 saturated heterocycles. The van der Waals surface area contributed by atoms with E-state index in [0.717, 1.165) is 6.54 Å². The number of benzene rings is 1. The van der Waals surface area contributed by atoms with E-state index in [9.17, 15) is 0 Å². The molecule has 1 aromatic rings. The summed E-state index contributed by atoms with van der Waals surface area (Å²) >= 11 is 0. The third-order valence-electron chi connectivity index (χ3n) is 2.42. The van der Waals surface area contributed by atoms with Crippen LogP contribution < -0.4 is 16.0 Å². The van der Waals surface area contributed by atoms with Gasteiger partial charge in [0.05, 0.1) is 17.5 Å². The Bertz CT molecular complexity index is 298. The molecule has 0 aromatic heterocycles. The van der Waals surface area contributed by atoms with Crippen LogP contribution in [0.3, 0.4) is 0 Å². The summed E-state index contributed by atoms with van der Waals surface area (Å²) in [6, 6.07) is 8.33. The van der Waals surface area contributed by atoms with Gasteiger partial charge in [-0.05, 0) is 19.1 Å². The maximum Gasteiger partial charge on any atom is 0.0962 e. The second-order valence-corrected chi connectivity index (χ2v) is 3.32. The Labute approximate surface area is 78.5 Å². The van der Waals surface area contributed by atoms with E-state index in [0.29, 0.717) is 12.7 Å². The van der Waals surface area contributed by atoms with Crippen molar-refractivity contribution >= 4 is 11.4 Å². The lowest BCUT2D eigenvalue weighted by Crippen LogP contribution is -2.36. The lowest BCUT2D eigenvalue weighted by molar-refractivity contribution is 0.723. The molecule has 1 heterocycles. The van der Waals surface area contributed by atoms with E-state index in [1.165, 1.54) is 11.4 Å². The number of nitrogens with two attached hydrogens (primary N) is 1. The second kappa shape index (κ2) is 3.26. The highest BCUT2D eigenvalue weighted by Crippen LogP contribution is 2.33. The highest BCUT2D eigenvalue weighted by molar-refractivity contribution is 5.75. The average Bonchev–Trinajstić information content (AvgIpc) is 2.44. The summed E-state index contributed by atoms with van der Waals surface area (Å²) < 4.78 is 0. The zero-order valence-electron chi connectivity index (χ0n) is 7.83. The van der Waals surface area contributed by atoms with Crippen LogP contribution in [-0.4, -0.2) is 19.3 Å².